The largest absolute Gasteiger partial charge is 0.449 e. The highest BCUT2D eigenvalue weighted by Gasteiger charge is 2.14. The maximum Gasteiger partial charge on any atom is 0.194 e. The minimum Gasteiger partial charge on any atom is -0.449 e. The fourth-order valence-electron chi connectivity index (χ4n) is 1.30. The summed E-state index contributed by atoms with van der Waals surface area (Å²) >= 11 is 0. The second kappa shape index (κ2) is 3.95. The summed E-state index contributed by atoms with van der Waals surface area (Å²) in [4.78, 5) is 4.42. The Labute approximate surface area is 80.4 Å². The summed E-state index contributed by atoms with van der Waals surface area (Å²) in [6.45, 7) is 8.76. The zero-order valence-corrected chi connectivity index (χ0v) is 9.05. The maximum atomic E-state index is 5.34. The van der Waals surface area contributed by atoms with Crippen LogP contribution in [0.2, 0.25) is 0 Å². The van der Waals surface area contributed by atoms with Crippen LogP contribution in [0.4, 0.5) is 0 Å². The molecule has 1 heterocycles. The van der Waals surface area contributed by atoms with Crippen LogP contribution in [0, 0.1) is 5.41 Å². The predicted molar refractivity (Wildman–Crippen MR) is 53.7 cm³/mol. The number of nitrogens with zero attached hydrogens (tertiary/aromatic N) is 1. The molecule has 0 aliphatic carbocycles. The lowest BCUT2D eigenvalue weighted by Crippen LogP contribution is -2.09. The normalized spacial score (nSPS) is 12.0. The Balaban J connectivity index is 2.59. The van der Waals surface area contributed by atoms with Gasteiger partial charge in [-0.15, -0.1) is 0 Å². The van der Waals surface area contributed by atoms with E-state index < -0.39 is 0 Å². The number of aromatic nitrogens is 1. The molecule has 0 atom stereocenters. The third kappa shape index (κ3) is 3.62. The van der Waals surface area contributed by atoms with Crippen molar-refractivity contribution in [2.75, 3.05) is 0 Å². The standard InChI is InChI=1S/C11H19NO/c1-5-6-10-12-9(8-13-10)7-11(2,3)4/h8H,5-7H2,1-4H3. The van der Waals surface area contributed by atoms with Crippen LogP contribution in [0.25, 0.3) is 0 Å². The van der Waals surface area contributed by atoms with Gasteiger partial charge in [0.2, 0.25) is 0 Å². The smallest absolute Gasteiger partial charge is 0.194 e. The summed E-state index contributed by atoms with van der Waals surface area (Å²) in [5.41, 5.74) is 1.37. The number of oxazole rings is 1. The van der Waals surface area contributed by atoms with Crippen molar-refractivity contribution in [2.45, 2.75) is 47.0 Å². The summed E-state index contributed by atoms with van der Waals surface area (Å²) in [6.07, 6.45) is 4.82. The molecule has 13 heavy (non-hydrogen) atoms. The van der Waals surface area contributed by atoms with Crippen LogP contribution >= 0.6 is 0 Å². The summed E-state index contributed by atoms with van der Waals surface area (Å²) < 4.78 is 5.34. The third-order valence-electron chi connectivity index (χ3n) is 1.77. The second-order valence-electron chi connectivity index (χ2n) is 4.72. The van der Waals surface area contributed by atoms with Gasteiger partial charge in [-0.3, -0.25) is 0 Å². The van der Waals surface area contributed by atoms with Gasteiger partial charge in [-0.05, 0) is 18.3 Å². The molecule has 1 aromatic rings. The number of hydrogen-bond donors (Lipinski definition) is 0. The monoisotopic (exact) mass is 181 g/mol. The summed E-state index contributed by atoms with van der Waals surface area (Å²) in [6, 6.07) is 0. The lowest BCUT2D eigenvalue weighted by atomic mass is 9.91. The van der Waals surface area contributed by atoms with Crippen LogP contribution in [0.1, 0.15) is 45.7 Å². The van der Waals surface area contributed by atoms with Gasteiger partial charge in [-0.25, -0.2) is 4.98 Å². The number of aryl methyl sites for hydroxylation is 1. The van der Waals surface area contributed by atoms with Crippen molar-refractivity contribution in [3.8, 4) is 0 Å². The van der Waals surface area contributed by atoms with Crippen LogP contribution in [0.15, 0.2) is 10.7 Å². The first-order valence-electron chi connectivity index (χ1n) is 4.94. The quantitative estimate of drug-likeness (QED) is 0.715. The van der Waals surface area contributed by atoms with Gasteiger partial charge >= 0.3 is 0 Å². The average molecular weight is 181 g/mol. The Morgan fingerprint density at radius 3 is 2.62 bits per heavy atom. The van der Waals surface area contributed by atoms with Gasteiger partial charge in [0, 0.05) is 6.42 Å². The average Bonchev–Trinajstić information content (AvgIpc) is 2.33. The van der Waals surface area contributed by atoms with Crippen molar-refractivity contribution >= 4 is 0 Å². The minimum atomic E-state index is 0.292. The van der Waals surface area contributed by atoms with Gasteiger partial charge in [0.15, 0.2) is 5.89 Å². The Morgan fingerprint density at radius 2 is 2.08 bits per heavy atom. The first-order chi connectivity index (χ1) is 6.01. The Hall–Kier alpha value is -0.790. The van der Waals surface area contributed by atoms with Gasteiger partial charge in [-0.1, -0.05) is 27.7 Å². The highest BCUT2D eigenvalue weighted by atomic mass is 16.3. The first-order valence-corrected chi connectivity index (χ1v) is 4.94. The molecule has 0 bridgehead atoms. The van der Waals surface area contributed by atoms with Gasteiger partial charge in [0.05, 0.1) is 5.69 Å². The fraction of sp³-hybridized carbons (Fsp3) is 0.727. The molecular weight excluding hydrogens is 162 g/mol. The van der Waals surface area contributed by atoms with Gasteiger partial charge in [0.1, 0.15) is 6.26 Å². The van der Waals surface area contributed by atoms with Crippen LogP contribution < -0.4 is 0 Å². The van der Waals surface area contributed by atoms with E-state index in [1.165, 1.54) is 0 Å². The van der Waals surface area contributed by atoms with E-state index in [1.54, 1.807) is 6.26 Å². The van der Waals surface area contributed by atoms with E-state index in [-0.39, 0.29) is 0 Å². The highest BCUT2D eigenvalue weighted by Crippen LogP contribution is 2.20. The first kappa shape index (κ1) is 10.3. The van der Waals surface area contributed by atoms with Crippen molar-refractivity contribution < 1.29 is 4.42 Å². The molecule has 2 heteroatoms. The van der Waals surface area contributed by atoms with E-state index in [9.17, 15) is 0 Å². The minimum absolute atomic E-state index is 0.292. The van der Waals surface area contributed by atoms with Gasteiger partial charge < -0.3 is 4.42 Å². The summed E-state index contributed by atoms with van der Waals surface area (Å²) in [7, 11) is 0. The van der Waals surface area contributed by atoms with Crippen LogP contribution in [-0.2, 0) is 12.8 Å². The molecule has 0 spiro atoms. The molecule has 0 amide bonds. The zero-order chi connectivity index (χ0) is 9.90. The lowest BCUT2D eigenvalue weighted by Gasteiger charge is -2.15. The molecule has 0 aliphatic rings. The second-order valence-corrected chi connectivity index (χ2v) is 4.72. The molecule has 1 rings (SSSR count). The molecule has 0 N–H and O–H groups in total. The molecule has 2 nitrogen and oxygen atoms in total. The van der Waals surface area contributed by atoms with E-state index in [0.29, 0.717) is 5.41 Å². The van der Waals surface area contributed by atoms with E-state index in [0.717, 1.165) is 30.8 Å². The molecule has 0 unspecified atom stereocenters. The summed E-state index contributed by atoms with van der Waals surface area (Å²) in [5.74, 6) is 0.877. The van der Waals surface area contributed by atoms with Crippen LogP contribution in [-0.4, -0.2) is 4.98 Å². The highest BCUT2D eigenvalue weighted by molar-refractivity contribution is 4.99. The van der Waals surface area contributed by atoms with E-state index in [4.69, 9.17) is 4.42 Å². The molecule has 1 aromatic heterocycles. The predicted octanol–water partition coefficient (Wildman–Crippen LogP) is 3.22. The summed E-state index contributed by atoms with van der Waals surface area (Å²) in [5, 5.41) is 0. The topological polar surface area (TPSA) is 26.0 Å². The van der Waals surface area contributed by atoms with Crippen molar-refractivity contribution in [1.82, 2.24) is 4.98 Å². The molecule has 0 aliphatic heterocycles. The van der Waals surface area contributed by atoms with Crippen molar-refractivity contribution in [1.29, 1.82) is 0 Å². The van der Waals surface area contributed by atoms with Crippen molar-refractivity contribution in [3.05, 3.63) is 17.8 Å². The Morgan fingerprint density at radius 1 is 1.38 bits per heavy atom. The SMILES string of the molecule is CCCc1nc(CC(C)(C)C)co1. The van der Waals surface area contributed by atoms with E-state index >= 15 is 0 Å². The molecular formula is C11H19NO. The van der Waals surface area contributed by atoms with Gasteiger partial charge in [0.25, 0.3) is 0 Å². The maximum absolute atomic E-state index is 5.34. The van der Waals surface area contributed by atoms with Crippen LogP contribution in [0.3, 0.4) is 0 Å². The van der Waals surface area contributed by atoms with E-state index in [1.807, 2.05) is 0 Å². The van der Waals surface area contributed by atoms with Crippen molar-refractivity contribution in [2.24, 2.45) is 5.41 Å². The third-order valence-corrected chi connectivity index (χ3v) is 1.77. The molecule has 0 saturated carbocycles. The fourth-order valence-corrected chi connectivity index (χ4v) is 1.30. The molecule has 0 saturated heterocycles. The number of hydrogen-bond acceptors (Lipinski definition) is 2. The molecule has 0 fully saturated rings. The number of rotatable bonds is 3. The van der Waals surface area contributed by atoms with Crippen molar-refractivity contribution in [3.63, 3.8) is 0 Å². The molecule has 0 radical (unpaired) electrons. The Bertz CT molecular complexity index is 257. The zero-order valence-electron chi connectivity index (χ0n) is 9.05. The molecule has 74 valence electrons. The molecule has 0 aromatic carbocycles. The van der Waals surface area contributed by atoms with E-state index in [2.05, 4.69) is 32.7 Å². The Kier molecular flexibility index (Phi) is 3.12. The lowest BCUT2D eigenvalue weighted by molar-refractivity contribution is 0.405. The van der Waals surface area contributed by atoms with Crippen LogP contribution in [0.5, 0.6) is 0 Å². The van der Waals surface area contributed by atoms with Gasteiger partial charge in [-0.2, -0.15) is 0 Å².